The molecule has 1 atom stereocenters. The quantitative estimate of drug-likeness (QED) is 0.852. The Hall–Kier alpha value is -2.69. The zero-order chi connectivity index (χ0) is 15.9. The summed E-state index contributed by atoms with van der Waals surface area (Å²) in [5.74, 6) is -0.0407. The lowest BCUT2D eigenvalue weighted by Gasteiger charge is -2.17. The third-order valence-corrected chi connectivity index (χ3v) is 3.27. The van der Waals surface area contributed by atoms with E-state index in [9.17, 15) is 9.90 Å². The average molecular weight is 302 g/mol. The minimum absolute atomic E-state index is 0.00285. The Morgan fingerprint density at radius 2 is 1.77 bits per heavy atom. The Morgan fingerprint density at radius 3 is 2.45 bits per heavy atom. The number of carboxylic acids is 1. The lowest BCUT2D eigenvalue weighted by Crippen LogP contribution is -2.20. The Morgan fingerprint density at radius 1 is 1.05 bits per heavy atom. The largest absolute Gasteiger partial charge is 0.497 e. The summed E-state index contributed by atoms with van der Waals surface area (Å²) in [5, 5.41) is 9.47. The molecule has 5 nitrogen and oxygen atoms in total. The fourth-order valence-electron chi connectivity index (χ4n) is 2.12. The first-order valence-corrected chi connectivity index (χ1v) is 6.78. The molecule has 2 aromatic carbocycles. The second-order valence-corrected chi connectivity index (χ2v) is 4.62. The van der Waals surface area contributed by atoms with E-state index in [4.69, 9.17) is 14.2 Å². The van der Waals surface area contributed by atoms with Crippen LogP contribution in [0.4, 0.5) is 0 Å². The van der Waals surface area contributed by atoms with Gasteiger partial charge in [0.15, 0.2) is 0 Å². The van der Waals surface area contributed by atoms with Gasteiger partial charge < -0.3 is 19.3 Å². The normalized spacial score (nSPS) is 11.5. The standard InChI is InChI=1S/C17H18O5/c1-20-12-6-5-7-13(10-12)22-11-15(17(18)19)14-8-3-4-9-16(14)21-2/h3-10,15H,11H2,1-2H3,(H,18,19). The summed E-state index contributed by atoms with van der Waals surface area (Å²) >= 11 is 0. The van der Waals surface area contributed by atoms with E-state index in [2.05, 4.69) is 0 Å². The molecule has 0 aliphatic rings. The molecular formula is C17H18O5. The molecule has 0 aromatic heterocycles. The summed E-state index contributed by atoms with van der Waals surface area (Å²) in [6.07, 6.45) is 0. The van der Waals surface area contributed by atoms with Gasteiger partial charge in [-0.1, -0.05) is 24.3 Å². The molecule has 0 heterocycles. The third-order valence-electron chi connectivity index (χ3n) is 3.27. The van der Waals surface area contributed by atoms with Gasteiger partial charge in [0.25, 0.3) is 0 Å². The predicted molar refractivity (Wildman–Crippen MR) is 81.9 cm³/mol. The van der Waals surface area contributed by atoms with Crippen LogP contribution >= 0.6 is 0 Å². The molecular weight excluding hydrogens is 284 g/mol. The monoisotopic (exact) mass is 302 g/mol. The first-order chi connectivity index (χ1) is 10.7. The number of benzene rings is 2. The summed E-state index contributed by atoms with van der Waals surface area (Å²) in [6.45, 7) is 0.00285. The third kappa shape index (κ3) is 3.69. The molecule has 116 valence electrons. The van der Waals surface area contributed by atoms with Crippen molar-refractivity contribution in [1.29, 1.82) is 0 Å². The minimum atomic E-state index is -0.965. The smallest absolute Gasteiger partial charge is 0.314 e. The SMILES string of the molecule is COc1cccc(OCC(C(=O)O)c2ccccc2OC)c1. The summed E-state index contributed by atoms with van der Waals surface area (Å²) in [5.41, 5.74) is 0.584. The number of rotatable bonds is 7. The highest BCUT2D eigenvalue weighted by molar-refractivity contribution is 5.77. The number of para-hydroxylation sites is 1. The van der Waals surface area contributed by atoms with Crippen molar-refractivity contribution in [1.82, 2.24) is 0 Å². The van der Waals surface area contributed by atoms with Crippen LogP contribution in [0.1, 0.15) is 11.5 Å². The molecule has 0 fully saturated rings. The highest BCUT2D eigenvalue weighted by Gasteiger charge is 2.24. The van der Waals surface area contributed by atoms with Crippen molar-refractivity contribution in [3.8, 4) is 17.2 Å². The number of aliphatic carboxylic acids is 1. The van der Waals surface area contributed by atoms with Crippen molar-refractivity contribution in [3.05, 3.63) is 54.1 Å². The fraction of sp³-hybridized carbons (Fsp3) is 0.235. The highest BCUT2D eigenvalue weighted by Crippen LogP contribution is 2.28. The second-order valence-electron chi connectivity index (χ2n) is 4.62. The molecule has 0 amide bonds. The molecule has 5 heteroatoms. The number of ether oxygens (including phenoxy) is 3. The van der Waals surface area contributed by atoms with Crippen molar-refractivity contribution in [3.63, 3.8) is 0 Å². The van der Waals surface area contributed by atoms with Crippen LogP contribution in [0.5, 0.6) is 17.2 Å². The lowest BCUT2D eigenvalue weighted by atomic mass is 9.99. The molecule has 2 rings (SSSR count). The van der Waals surface area contributed by atoms with Crippen molar-refractivity contribution in [2.45, 2.75) is 5.92 Å². The maximum Gasteiger partial charge on any atom is 0.314 e. The maximum atomic E-state index is 11.6. The molecule has 0 radical (unpaired) electrons. The van der Waals surface area contributed by atoms with Gasteiger partial charge in [-0.3, -0.25) is 4.79 Å². The summed E-state index contributed by atoms with van der Waals surface area (Å²) < 4.78 is 15.9. The molecule has 1 N–H and O–H groups in total. The number of hydrogen-bond acceptors (Lipinski definition) is 4. The van der Waals surface area contributed by atoms with E-state index >= 15 is 0 Å². The molecule has 2 aromatic rings. The van der Waals surface area contributed by atoms with Crippen LogP contribution in [-0.4, -0.2) is 31.9 Å². The number of carboxylic acid groups (broad SMARTS) is 1. The molecule has 22 heavy (non-hydrogen) atoms. The number of hydrogen-bond donors (Lipinski definition) is 1. The van der Waals surface area contributed by atoms with Gasteiger partial charge in [-0.25, -0.2) is 0 Å². The van der Waals surface area contributed by atoms with Crippen LogP contribution in [0.3, 0.4) is 0 Å². The Labute approximate surface area is 129 Å². The first-order valence-electron chi connectivity index (χ1n) is 6.78. The molecule has 1 unspecified atom stereocenters. The molecule has 0 saturated heterocycles. The summed E-state index contributed by atoms with van der Waals surface area (Å²) in [4.78, 5) is 11.6. The van der Waals surface area contributed by atoms with Gasteiger partial charge in [-0.15, -0.1) is 0 Å². The first kappa shape index (κ1) is 15.7. The Kier molecular flexibility index (Phi) is 5.25. The van der Waals surface area contributed by atoms with Crippen molar-refractivity contribution >= 4 is 5.97 Å². The van der Waals surface area contributed by atoms with E-state index in [-0.39, 0.29) is 6.61 Å². The van der Waals surface area contributed by atoms with Crippen LogP contribution in [0.25, 0.3) is 0 Å². The molecule has 0 aliphatic carbocycles. The number of carbonyl (C=O) groups is 1. The average Bonchev–Trinajstić information content (AvgIpc) is 2.55. The van der Waals surface area contributed by atoms with E-state index in [1.807, 2.05) is 0 Å². The molecule has 0 aliphatic heterocycles. The summed E-state index contributed by atoms with van der Waals surface area (Å²) in [7, 11) is 3.08. The van der Waals surface area contributed by atoms with Crippen molar-refractivity contribution < 1.29 is 24.1 Å². The van der Waals surface area contributed by atoms with E-state index in [0.717, 1.165) is 0 Å². The van der Waals surface area contributed by atoms with Crippen LogP contribution in [0.2, 0.25) is 0 Å². The molecule has 0 bridgehead atoms. The zero-order valence-corrected chi connectivity index (χ0v) is 12.5. The van der Waals surface area contributed by atoms with Gasteiger partial charge in [0.1, 0.15) is 29.8 Å². The van der Waals surface area contributed by atoms with Gasteiger partial charge in [-0.05, 0) is 18.2 Å². The second kappa shape index (κ2) is 7.36. The minimum Gasteiger partial charge on any atom is -0.497 e. The van der Waals surface area contributed by atoms with Crippen LogP contribution in [0, 0.1) is 0 Å². The van der Waals surface area contributed by atoms with Crippen molar-refractivity contribution in [2.75, 3.05) is 20.8 Å². The van der Waals surface area contributed by atoms with Gasteiger partial charge in [0, 0.05) is 11.6 Å². The number of methoxy groups -OCH3 is 2. The van der Waals surface area contributed by atoms with E-state index in [0.29, 0.717) is 22.8 Å². The fourth-order valence-corrected chi connectivity index (χ4v) is 2.12. The molecule has 0 spiro atoms. The van der Waals surface area contributed by atoms with Crippen molar-refractivity contribution in [2.24, 2.45) is 0 Å². The van der Waals surface area contributed by atoms with Gasteiger partial charge in [-0.2, -0.15) is 0 Å². The zero-order valence-electron chi connectivity index (χ0n) is 12.5. The van der Waals surface area contributed by atoms with E-state index < -0.39 is 11.9 Å². The summed E-state index contributed by atoms with van der Waals surface area (Å²) in [6, 6.07) is 14.1. The molecule has 0 saturated carbocycles. The highest BCUT2D eigenvalue weighted by atomic mass is 16.5. The van der Waals surface area contributed by atoms with Crippen LogP contribution in [-0.2, 0) is 4.79 Å². The van der Waals surface area contributed by atoms with Gasteiger partial charge >= 0.3 is 5.97 Å². The van der Waals surface area contributed by atoms with Gasteiger partial charge in [0.2, 0.25) is 0 Å². The predicted octanol–water partition coefficient (Wildman–Crippen LogP) is 2.95. The Bertz CT molecular complexity index is 638. The van der Waals surface area contributed by atoms with Gasteiger partial charge in [0.05, 0.1) is 14.2 Å². The van der Waals surface area contributed by atoms with E-state index in [1.165, 1.54) is 7.11 Å². The topological polar surface area (TPSA) is 65.0 Å². The van der Waals surface area contributed by atoms with Crippen LogP contribution in [0.15, 0.2) is 48.5 Å². The maximum absolute atomic E-state index is 11.6. The Balaban J connectivity index is 2.17. The lowest BCUT2D eigenvalue weighted by molar-refractivity contribution is -0.139. The van der Waals surface area contributed by atoms with E-state index in [1.54, 1.807) is 55.6 Å². The van der Waals surface area contributed by atoms with Crippen LogP contribution < -0.4 is 14.2 Å².